The fraction of sp³-hybridized carbons (Fsp3) is 0.400. The van der Waals surface area contributed by atoms with Crippen LogP contribution in [-0.2, 0) is 0 Å². The fourth-order valence-electron chi connectivity index (χ4n) is 2.91. The van der Waals surface area contributed by atoms with Gasteiger partial charge in [0, 0.05) is 38.4 Å². The molecular weight excluding hydrogens is 308 g/mol. The van der Waals surface area contributed by atoms with Gasteiger partial charge < -0.3 is 14.5 Å². The second-order valence-electron chi connectivity index (χ2n) is 5.64. The number of methoxy groups -OCH3 is 1. The smallest absolute Gasteiger partial charge is 0.228 e. The molecule has 1 saturated heterocycles. The van der Waals surface area contributed by atoms with Crippen molar-refractivity contribution in [2.75, 3.05) is 43.1 Å². The number of ether oxygens (including phenoxy) is 1. The molecule has 0 unspecified atom stereocenters. The molecule has 4 heterocycles. The highest BCUT2D eigenvalue weighted by Crippen LogP contribution is 2.23. The summed E-state index contributed by atoms with van der Waals surface area (Å²) in [5.74, 6) is 1.28. The van der Waals surface area contributed by atoms with Crippen molar-refractivity contribution in [3.63, 3.8) is 0 Å². The van der Waals surface area contributed by atoms with E-state index in [9.17, 15) is 0 Å². The van der Waals surface area contributed by atoms with E-state index >= 15 is 0 Å². The maximum Gasteiger partial charge on any atom is 0.228 e. The van der Waals surface area contributed by atoms with Crippen molar-refractivity contribution in [3.8, 4) is 5.88 Å². The van der Waals surface area contributed by atoms with Crippen LogP contribution < -0.4 is 14.5 Å². The first kappa shape index (κ1) is 14.6. The van der Waals surface area contributed by atoms with Gasteiger partial charge in [0.05, 0.1) is 18.5 Å². The minimum absolute atomic E-state index is 0.581. The summed E-state index contributed by atoms with van der Waals surface area (Å²) in [6.45, 7) is 5.34. The zero-order valence-electron chi connectivity index (χ0n) is 13.6. The molecule has 1 fully saturated rings. The second kappa shape index (κ2) is 5.91. The van der Waals surface area contributed by atoms with E-state index in [2.05, 4.69) is 41.1 Å². The van der Waals surface area contributed by atoms with Gasteiger partial charge in [-0.05, 0) is 13.0 Å². The van der Waals surface area contributed by atoms with Gasteiger partial charge in [0.25, 0.3) is 0 Å². The molecule has 0 radical (unpaired) electrons. The van der Waals surface area contributed by atoms with Gasteiger partial charge in [0.1, 0.15) is 6.33 Å². The largest absolute Gasteiger partial charge is 0.481 e. The third kappa shape index (κ3) is 2.57. The van der Waals surface area contributed by atoms with Crippen LogP contribution in [0.1, 0.15) is 5.69 Å². The zero-order chi connectivity index (χ0) is 16.5. The Hall–Kier alpha value is -2.97. The Kier molecular flexibility index (Phi) is 3.60. The molecule has 1 aliphatic heterocycles. The highest BCUT2D eigenvalue weighted by atomic mass is 16.5. The van der Waals surface area contributed by atoms with Gasteiger partial charge in [-0.3, -0.25) is 0 Å². The number of hydrogen-bond acceptors (Lipinski definition) is 8. The molecule has 0 bridgehead atoms. The molecule has 0 N–H and O–H groups in total. The van der Waals surface area contributed by atoms with Crippen LogP contribution in [0.2, 0.25) is 0 Å². The van der Waals surface area contributed by atoms with Crippen LogP contribution in [0.25, 0.3) is 5.65 Å². The molecular formula is C15H18N8O. The van der Waals surface area contributed by atoms with Gasteiger partial charge in [0.2, 0.25) is 17.5 Å². The summed E-state index contributed by atoms with van der Waals surface area (Å²) in [6.07, 6.45) is 3.35. The maximum absolute atomic E-state index is 5.18. The molecule has 9 nitrogen and oxygen atoms in total. The van der Waals surface area contributed by atoms with Crippen molar-refractivity contribution < 1.29 is 4.74 Å². The lowest BCUT2D eigenvalue weighted by molar-refractivity contribution is 0.396. The van der Waals surface area contributed by atoms with Crippen molar-refractivity contribution >= 4 is 17.3 Å². The lowest BCUT2D eigenvalue weighted by Crippen LogP contribution is -2.47. The standard InChI is InChI=1S/C15H18N8O/c1-11-9-12(14-19-17-10-23(14)20-11)21-5-7-22(8-6-21)15-16-4-3-13(18-15)24-2/h3-4,9-10H,5-8H2,1-2H3. The summed E-state index contributed by atoms with van der Waals surface area (Å²) >= 11 is 0. The number of anilines is 2. The summed E-state index contributed by atoms with van der Waals surface area (Å²) in [5, 5.41) is 12.5. The predicted molar refractivity (Wildman–Crippen MR) is 88.5 cm³/mol. The highest BCUT2D eigenvalue weighted by Gasteiger charge is 2.22. The number of aromatic nitrogens is 6. The molecule has 9 heteroatoms. The quantitative estimate of drug-likeness (QED) is 0.690. The summed E-state index contributed by atoms with van der Waals surface area (Å²) in [5.41, 5.74) is 2.79. The van der Waals surface area contributed by atoms with Crippen molar-refractivity contribution in [1.29, 1.82) is 0 Å². The Morgan fingerprint density at radius 1 is 1.12 bits per heavy atom. The van der Waals surface area contributed by atoms with Gasteiger partial charge in [-0.15, -0.1) is 10.2 Å². The molecule has 0 saturated carbocycles. The van der Waals surface area contributed by atoms with Crippen LogP contribution in [-0.4, -0.2) is 63.1 Å². The average molecular weight is 326 g/mol. The van der Waals surface area contributed by atoms with Crippen LogP contribution >= 0.6 is 0 Å². The van der Waals surface area contributed by atoms with Crippen molar-refractivity contribution in [2.24, 2.45) is 0 Å². The molecule has 24 heavy (non-hydrogen) atoms. The third-order valence-electron chi connectivity index (χ3n) is 4.10. The minimum atomic E-state index is 0.581. The van der Waals surface area contributed by atoms with Gasteiger partial charge in [-0.1, -0.05) is 0 Å². The van der Waals surface area contributed by atoms with Crippen LogP contribution in [0.3, 0.4) is 0 Å². The number of rotatable bonds is 3. The lowest BCUT2D eigenvalue weighted by atomic mass is 10.2. The van der Waals surface area contributed by atoms with Crippen LogP contribution in [0.4, 0.5) is 11.6 Å². The highest BCUT2D eigenvalue weighted by molar-refractivity contribution is 5.68. The van der Waals surface area contributed by atoms with Crippen molar-refractivity contribution in [1.82, 2.24) is 29.8 Å². The van der Waals surface area contributed by atoms with E-state index in [1.165, 1.54) is 0 Å². The maximum atomic E-state index is 5.18. The third-order valence-corrected chi connectivity index (χ3v) is 4.10. The van der Waals surface area contributed by atoms with Gasteiger partial charge in [-0.25, -0.2) is 4.98 Å². The van der Waals surface area contributed by atoms with Gasteiger partial charge >= 0.3 is 0 Å². The molecule has 1 aliphatic rings. The van der Waals surface area contributed by atoms with E-state index in [0.717, 1.165) is 43.2 Å². The van der Waals surface area contributed by atoms with E-state index in [0.29, 0.717) is 11.8 Å². The molecule has 0 aromatic carbocycles. The molecule has 3 aromatic rings. The zero-order valence-corrected chi connectivity index (χ0v) is 13.6. The Morgan fingerprint density at radius 2 is 1.92 bits per heavy atom. The van der Waals surface area contributed by atoms with Crippen LogP contribution in [0.15, 0.2) is 24.7 Å². The molecule has 0 atom stereocenters. The van der Waals surface area contributed by atoms with E-state index in [1.807, 2.05) is 6.92 Å². The van der Waals surface area contributed by atoms with E-state index in [1.54, 1.807) is 30.2 Å². The minimum Gasteiger partial charge on any atom is -0.481 e. The number of aryl methyl sites for hydroxylation is 1. The Labute approximate surface area is 138 Å². The average Bonchev–Trinajstić information content (AvgIpc) is 3.09. The Bertz CT molecular complexity index is 856. The SMILES string of the molecule is COc1ccnc(N2CCN(c3cc(C)nn4cnnc34)CC2)n1. The second-order valence-corrected chi connectivity index (χ2v) is 5.64. The molecule has 4 rings (SSSR count). The Balaban J connectivity index is 1.54. The predicted octanol–water partition coefficient (Wildman–Crippen LogP) is 0.558. The van der Waals surface area contributed by atoms with Gasteiger partial charge in [-0.2, -0.15) is 14.6 Å². The summed E-state index contributed by atoms with van der Waals surface area (Å²) in [4.78, 5) is 13.2. The molecule has 3 aromatic heterocycles. The van der Waals surface area contributed by atoms with Gasteiger partial charge in [0.15, 0.2) is 0 Å². The first-order chi connectivity index (χ1) is 11.7. The monoisotopic (exact) mass is 326 g/mol. The molecule has 124 valence electrons. The lowest BCUT2D eigenvalue weighted by Gasteiger charge is -2.36. The van der Waals surface area contributed by atoms with Crippen molar-refractivity contribution in [2.45, 2.75) is 6.92 Å². The van der Waals surface area contributed by atoms with E-state index in [4.69, 9.17) is 4.74 Å². The number of hydrogen-bond donors (Lipinski definition) is 0. The summed E-state index contributed by atoms with van der Waals surface area (Å²) < 4.78 is 6.90. The first-order valence-corrected chi connectivity index (χ1v) is 7.79. The number of nitrogens with zero attached hydrogens (tertiary/aromatic N) is 8. The topological polar surface area (TPSA) is 84.6 Å². The van der Waals surface area contributed by atoms with Crippen LogP contribution in [0.5, 0.6) is 5.88 Å². The normalized spacial score (nSPS) is 15.1. The number of fused-ring (bicyclic) bond motifs is 1. The molecule has 0 amide bonds. The van der Waals surface area contributed by atoms with E-state index in [-0.39, 0.29) is 0 Å². The first-order valence-electron chi connectivity index (χ1n) is 7.79. The van der Waals surface area contributed by atoms with Crippen LogP contribution in [0, 0.1) is 6.92 Å². The summed E-state index contributed by atoms with van der Waals surface area (Å²) in [6, 6.07) is 3.81. The summed E-state index contributed by atoms with van der Waals surface area (Å²) in [7, 11) is 1.61. The van der Waals surface area contributed by atoms with Crippen molar-refractivity contribution in [3.05, 3.63) is 30.4 Å². The molecule has 0 aliphatic carbocycles. The number of piperazine rings is 1. The Morgan fingerprint density at radius 3 is 2.71 bits per heavy atom. The van der Waals surface area contributed by atoms with E-state index < -0.39 is 0 Å². The fourth-order valence-corrected chi connectivity index (χ4v) is 2.91. The molecule has 0 spiro atoms.